The molecule has 0 saturated heterocycles. The topological polar surface area (TPSA) is 103 Å². The van der Waals surface area contributed by atoms with E-state index in [-0.39, 0.29) is 40.8 Å². The van der Waals surface area contributed by atoms with Gasteiger partial charge in [-0.15, -0.1) is 0 Å². The van der Waals surface area contributed by atoms with Gasteiger partial charge < -0.3 is 14.4 Å². The first-order chi connectivity index (χ1) is 18.2. The molecule has 1 N–H and O–H groups in total. The first kappa shape index (κ1) is 26.9. The SMILES string of the molecule is CC(Oc1cccc(S(=O)(=O)CCCn2cc(C(c3ccccc3)c3ccccc3)ccc2=O)c1)C(=O)O. The van der Waals surface area contributed by atoms with Crippen LogP contribution < -0.4 is 10.3 Å². The van der Waals surface area contributed by atoms with Gasteiger partial charge in [-0.2, -0.15) is 0 Å². The van der Waals surface area contributed by atoms with Crippen LogP contribution in [0.3, 0.4) is 0 Å². The molecule has 4 rings (SSSR count). The van der Waals surface area contributed by atoms with E-state index >= 15 is 0 Å². The first-order valence-electron chi connectivity index (χ1n) is 12.3. The molecule has 38 heavy (non-hydrogen) atoms. The largest absolute Gasteiger partial charge is 0.479 e. The number of hydrogen-bond donors (Lipinski definition) is 1. The number of sulfone groups is 1. The third kappa shape index (κ3) is 6.58. The molecule has 1 heterocycles. The Kier molecular flexibility index (Phi) is 8.43. The second-order valence-corrected chi connectivity index (χ2v) is 11.1. The molecular weight excluding hydrogens is 502 g/mol. The lowest BCUT2D eigenvalue weighted by Gasteiger charge is -2.20. The fourth-order valence-electron chi connectivity index (χ4n) is 4.30. The summed E-state index contributed by atoms with van der Waals surface area (Å²) < 4.78 is 32.8. The van der Waals surface area contributed by atoms with Crippen LogP contribution in [-0.4, -0.2) is 35.9 Å². The standard InChI is InChI=1S/C30H29NO6S/c1-22(30(33)34)37-26-14-8-15-27(20-26)38(35,36)19-9-18-31-21-25(16-17-28(31)32)29(23-10-4-2-5-11-23)24-12-6-3-7-13-24/h2-8,10-17,20-22,29H,9,18-19H2,1H3,(H,33,34). The summed E-state index contributed by atoms with van der Waals surface area (Å²) in [5.41, 5.74) is 2.91. The van der Waals surface area contributed by atoms with Gasteiger partial charge in [-0.05, 0) is 48.2 Å². The normalized spacial score (nSPS) is 12.3. The molecule has 0 fully saturated rings. The number of hydrogen-bond acceptors (Lipinski definition) is 5. The monoisotopic (exact) mass is 531 g/mol. The zero-order valence-electron chi connectivity index (χ0n) is 20.9. The van der Waals surface area contributed by atoms with Crippen molar-refractivity contribution in [3.63, 3.8) is 0 Å². The highest BCUT2D eigenvalue weighted by Gasteiger charge is 2.19. The lowest BCUT2D eigenvalue weighted by molar-refractivity contribution is -0.144. The van der Waals surface area contributed by atoms with Crippen LogP contribution in [0.2, 0.25) is 0 Å². The third-order valence-electron chi connectivity index (χ3n) is 6.24. The lowest BCUT2D eigenvalue weighted by atomic mass is 9.86. The van der Waals surface area contributed by atoms with Gasteiger partial charge in [0.25, 0.3) is 5.56 Å². The van der Waals surface area contributed by atoms with Crippen molar-refractivity contribution in [2.24, 2.45) is 0 Å². The molecule has 0 amide bonds. The highest BCUT2D eigenvalue weighted by molar-refractivity contribution is 7.91. The van der Waals surface area contributed by atoms with Crippen LogP contribution in [0.4, 0.5) is 0 Å². The zero-order valence-corrected chi connectivity index (χ0v) is 21.8. The maximum atomic E-state index is 13.0. The first-order valence-corrected chi connectivity index (χ1v) is 13.9. The van der Waals surface area contributed by atoms with Crippen LogP contribution in [0.25, 0.3) is 0 Å². The lowest BCUT2D eigenvalue weighted by Crippen LogP contribution is -2.23. The van der Waals surface area contributed by atoms with E-state index in [4.69, 9.17) is 9.84 Å². The molecule has 0 saturated carbocycles. The van der Waals surface area contributed by atoms with Crippen molar-refractivity contribution in [2.45, 2.75) is 36.8 Å². The fraction of sp³-hybridized carbons (Fsp3) is 0.200. The molecule has 8 heteroatoms. The van der Waals surface area contributed by atoms with Gasteiger partial charge in [0.2, 0.25) is 0 Å². The number of aromatic nitrogens is 1. The molecule has 196 valence electrons. The highest BCUT2D eigenvalue weighted by atomic mass is 32.2. The van der Waals surface area contributed by atoms with E-state index < -0.39 is 21.9 Å². The maximum Gasteiger partial charge on any atom is 0.344 e. The van der Waals surface area contributed by atoms with Gasteiger partial charge in [0, 0.05) is 24.7 Å². The Morgan fingerprint density at radius 3 is 2.11 bits per heavy atom. The molecule has 1 aromatic heterocycles. The van der Waals surface area contributed by atoms with Crippen molar-refractivity contribution in [3.05, 3.63) is 130 Å². The van der Waals surface area contributed by atoms with Gasteiger partial charge in [-0.1, -0.05) is 72.8 Å². The molecule has 0 aliphatic carbocycles. The van der Waals surface area contributed by atoms with Gasteiger partial charge in [0.05, 0.1) is 10.6 Å². The Balaban J connectivity index is 1.52. The smallest absolute Gasteiger partial charge is 0.344 e. The molecule has 0 radical (unpaired) electrons. The summed E-state index contributed by atoms with van der Waals surface area (Å²) in [7, 11) is -3.68. The number of aliphatic carboxylic acids is 1. The van der Waals surface area contributed by atoms with E-state index in [0.29, 0.717) is 0 Å². The van der Waals surface area contributed by atoms with E-state index in [0.717, 1.165) is 16.7 Å². The number of nitrogens with zero attached hydrogens (tertiary/aromatic N) is 1. The number of ether oxygens (including phenoxy) is 1. The van der Waals surface area contributed by atoms with Crippen molar-refractivity contribution >= 4 is 15.8 Å². The van der Waals surface area contributed by atoms with Crippen LogP contribution in [0.15, 0.2) is 113 Å². The molecule has 0 spiro atoms. The summed E-state index contributed by atoms with van der Waals surface area (Å²) in [6.45, 7) is 1.60. The molecule has 3 aromatic carbocycles. The van der Waals surface area contributed by atoms with E-state index in [1.807, 2.05) is 42.5 Å². The van der Waals surface area contributed by atoms with Gasteiger partial charge >= 0.3 is 5.97 Å². The molecule has 4 aromatic rings. The minimum atomic E-state index is -3.68. The predicted molar refractivity (Wildman–Crippen MR) is 145 cm³/mol. The molecule has 0 aliphatic heterocycles. The van der Waals surface area contributed by atoms with Crippen LogP contribution in [-0.2, 0) is 21.2 Å². The Labute approximate surface area is 221 Å². The summed E-state index contributed by atoms with van der Waals surface area (Å²) in [4.78, 5) is 23.7. The van der Waals surface area contributed by atoms with Crippen LogP contribution in [0, 0.1) is 0 Å². The average Bonchev–Trinajstić information content (AvgIpc) is 2.92. The third-order valence-corrected chi connectivity index (χ3v) is 8.04. The van der Waals surface area contributed by atoms with E-state index in [9.17, 15) is 18.0 Å². The molecule has 0 bridgehead atoms. The second kappa shape index (κ2) is 11.9. The van der Waals surface area contributed by atoms with Gasteiger partial charge in [-0.3, -0.25) is 4.79 Å². The Hall–Kier alpha value is -4.17. The van der Waals surface area contributed by atoms with Crippen LogP contribution in [0.5, 0.6) is 5.75 Å². The zero-order chi connectivity index (χ0) is 27.1. The second-order valence-electron chi connectivity index (χ2n) is 8.99. The number of carboxylic acids is 1. The summed E-state index contributed by atoms with van der Waals surface area (Å²) in [5.74, 6) is -1.24. The Bertz CT molecular complexity index is 1510. The summed E-state index contributed by atoms with van der Waals surface area (Å²) in [6, 6.07) is 29.2. The molecule has 1 atom stereocenters. The Morgan fingerprint density at radius 2 is 1.50 bits per heavy atom. The predicted octanol–water partition coefficient (Wildman–Crippen LogP) is 4.74. The highest BCUT2D eigenvalue weighted by Crippen LogP contribution is 2.31. The molecule has 7 nitrogen and oxygen atoms in total. The van der Waals surface area contributed by atoms with Crippen molar-refractivity contribution in [1.82, 2.24) is 4.57 Å². The van der Waals surface area contributed by atoms with E-state index in [1.165, 1.54) is 37.3 Å². The van der Waals surface area contributed by atoms with Crippen LogP contribution in [0.1, 0.15) is 36.0 Å². The maximum absolute atomic E-state index is 13.0. The minimum absolute atomic E-state index is 0.0434. The number of pyridine rings is 1. The van der Waals surface area contributed by atoms with Crippen LogP contribution >= 0.6 is 0 Å². The number of benzene rings is 3. The quantitative estimate of drug-likeness (QED) is 0.300. The van der Waals surface area contributed by atoms with Crippen molar-refractivity contribution in [3.8, 4) is 5.75 Å². The van der Waals surface area contributed by atoms with Crippen molar-refractivity contribution < 1.29 is 23.1 Å². The van der Waals surface area contributed by atoms with Crippen molar-refractivity contribution in [2.75, 3.05) is 5.75 Å². The van der Waals surface area contributed by atoms with Gasteiger partial charge in [0.1, 0.15) is 5.75 Å². The summed E-state index contributed by atoms with van der Waals surface area (Å²) in [6.07, 6.45) is 0.924. The fourth-order valence-corrected chi connectivity index (χ4v) is 5.63. The van der Waals surface area contributed by atoms with Crippen molar-refractivity contribution in [1.29, 1.82) is 0 Å². The summed E-state index contributed by atoms with van der Waals surface area (Å²) in [5, 5.41) is 9.03. The molecule has 0 aliphatic rings. The number of carboxylic acid groups (broad SMARTS) is 1. The number of aryl methyl sites for hydroxylation is 1. The number of rotatable bonds is 11. The molecular formula is C30H29NO6S. The average molecular weight is 532 g/mol. The Morgan fingerprint density at radius 1 is 0.868 bits per heavy atom. The van der Waals surface area contributed by atoms with E-state index in [2.05, 4.69) is 24.3 Å². The van der Waals surface area contributed by atoms with Gasteiger partial charge in [0.15, 0.2) is 15.9 Å². The summed E-state index contributed by atoms with van der Waals surface area (Å²) >= 11 is 0. The minimum Gasteiger partial charge on any atom is -0.479 e. The van der Waals surface area contributed by atoms with Gasteiger partial charge in [-0.25, -0.2) is 13.2 Å². The van der Waals surface area contributed by atoms with E-state index in [1.54, 1.807) is 10.8 Å². The molecule has 1 unspecified atom stereocenters. The number of carbonyl (C=O) groups is 1.